The Morgan fingerprint density at radius 2 is 1.81 bits per heavy atom. The summed E-state index contributed by atoms with van der Waals surface area (Å²) in [6, 6.07) is -0.289. The number of carbonyl (C=O) groups excluding carboxylic acids is 2. The van der Waals surface area contributed by atoms with Crippen molar-refractivity contribution in [1.29, 1.82) is 0 Å². The largest absolute Gasteiger partial charge is 0.481 e. The molecule has 1 saturated heterocycles. The summed E-state index contributed by atoms with van der Waals surface area (Å²) in [6.07, 6.45) is 4.99. The van der Waals surface area contributed by atoms with E-state index in [4.69, 9.17) is 5.11 Å². The van der Waals surface area contributed by atoms with Gasteiger partial charge in [0, 0.05) is 39.0 Å². The fourth-order valence-electron chi connectivity index (χ4n) is 2.25. The van der Waals surface area contributed by atoms with Crippen molar-refractivity contribution in [2.75, 3.05) is 26.2 Å². The third-order valence-corrected chi connectivity index (χ3v) is 3.41. The second-order valence-electron chi connectivity index (χ2n) is 5.22. The molecule has 0 saturated carbocycles. The zero-order valence-electron chi connectivity index (χ0n) is 12.4. The number of nitrogens with zero attached hydrogens (tertiary/aromatic N) is 1. The van der Waals surface area contributed by atoms with Crippen LogP contribution in [0.1, 0.15) is 44.9 Å². The van der Waals surface area contributed by atoms with Crippen LogP contribution in [0.15, 0.2) is 0 Å². The summed E-state index contributed by atoms with van der Waals surface area (Å²) in [5.74, 6) is -0.648. The van der Waals surface area contributed by atoms with Crippen molar-refractivity contribution < 1.29 is 19.5 Å². The van der Waals surface area contributed by atoms with E-state index in [-0.39, 0.29) is 18.4 Å². The van der Waals surface area contributed by atoms with Crippen molar-refractivity contribution >= 4 is 17.9 Å². The first-order valence-corrected chi connectivity index (χ1v) is 7.61. The highest BCUT2D eigenvalue weighted by atomic mass is 16.4. The number of likely N-dealkylation sites (tertiary alicyclic amines) is 1. The van der Waals surface area contributed by atoms with Gasteiger partial charge >= 0.3 is 12.0 Å². The minimum atomic E-state index is -0.862. The van der Waals surface area contributed by atoms with E-state index in [1.807, 2.05) is 4.90 Å². The van der Waals surface area contributed by atoms with Gasteiger partial charge in [-0.3, -0.25) is 9.59 Å². The predicted molar refractivity (Wildman–Crippen MR) is 77.9 cm³/mol. The van der Waals surface area contributed by atoms with Gasteiger partial charge < -0.3 is 20.6 Å². The third-order valence-electron chi connectivity index (χ3n) is 3.41. The topological polar surface area (TPSA) is 98.7 Å². The lowest BCUT2D eigenvalue weighted by Crippen LogP contribution is -2.38. The molecule has 0 bridgehead atoms. The van der Waals surface area contributed by atoms with Gasteiger partial charge in [-0.15, -0.1) is 0 Å². The first-order valence-electron chi connectivity index (χ1n) is 7.61. The van der Waals surface area contributed by atoms with Gasteiger partial charge in [0.25, 0.3) is 0 Å². The second kappa shape index (κ2) is 10.0. The summed E-state index contributed by atoms with van der Waals surface area (Å²) in [6.45, 7) is 2.36. The highest BCUT2D eigenvalue weighted by Crippen LogP contribution is 2.10. The Kier molecular flexibility index (Phi) is 8.23. The fourth-order valence-corrected chi connectivity index (χ4v) is 2.25. The number of aliphatic carboxylic acids is 1. The third kappa shape index (κ3) is 8.16. The van der Waals surface area contributed by atoms with Gasteiger partial charge in [0.1, 0.15) is 0 Å². The van der Waals surface area contributed by atoms with Crippen molar-refractivity contribution in [2.24, 2.45) is 0 Å². The van der Waals surface area contributed by atoms with Crippen LogP contribution in [0.2, 0.25) is 0 Å². The Hall–Kier alpha value is -1.79. The Bertz CT molecular complexity index is 360. The van der Waals surface area contributed by atoms with Crippen LogP contribution in [0, 0.1) is 0 Å². The Labute approximate surface area is 125 Å². The van der Waals surface area contributed by atoms with Gasteiger partial charge in [0.15, 0.2) is 0 Å². The fraction of sp³-hybridized carbons (Fsp3) is 0.786. The molecule has 1 aliphatic rings. The van der Waals surface area contributed by atoms with Gasteiger partial charge in [0.05, 0.1) is 0 Å². The minimum absolute atomic E-state index is 0.0529. The molecule has 1 heterocycles. The molecule has 0 spiro atoms. The smallest absolute Gasteiger partial charge is 0.314 e. The maximum atomic E-state index is 11.8. The molecule has 0 aromatic rings. The molecule has 120 valence electrons. The lowest BCUT2D eigenvalue weighted by Gasteiger charge is -2.20. The molecule has 7 heteroatoms. The maximum absolute atomic E-state index is 11.8. The Morgan fingerprint density at radius 1 is 1.10 bits per heavy atom. The van der Waals surface area contributed by atoms with Crippen LogP contribution in [-0.2, 0) is 9.59 Å². The van der Waals surface area contributed by atoms with Gasteiger partial charge in [-0.1, -0.05) is 6.42 Å². The van der Waals surface area contributed by atoms with Crippen LogP contribution < -0.4 is 10.6 Å². The number of hydrogen-bond donors (Lipinski definition) is 3. The molecule has 0 aliphatic carbocycles. The van der Waals surface area contributed by atoms with Crippen LogP contribution >= 0.6 is 0 Å². The van der Waals surface area contributed by atoms with Crippen molar-refractivity contribution in [2.45, 2.75) is 44.9 Å². The molecule has 21 heavy (non-hydrogen) atoms. The van der Waals surface area contributed by atoms with E-state index in [0.717, 1.165) is 32.2 Å². The summed E-state index contributed by atoms with van der Waals surface area (Å²) in [4.78, 5) is 35.3. The molecule has 7 nitrogen and oxygen atoms in total. The van der Waals surface area contributed by atoms with Crippen LogP contribution in [-0.4, -0.2) is 54.1 Å². The lowest BCUT2D eigenvalue weighted by atomic mass is 10.2. The molecule has 1 aliphatic heterocycles. The van der Waals surface area contributed by atoms with E-state index in [2.05, 4.69) is 10.6 Å². The standard InChI is InChI=1S/C14H25N3O4/c18-12-6-2-1-3-10-17(12)11-5-9-16-14(21)15-8-4-7-13(19)20/h1-11H2,(H,19,20)(H2,15,16,21). The molecule has 3 N–H and O–H groups in total. The minimum Gasteiger partial charge on any atom is -0.481 e. The van der Waals surface area contributed by atoms with E-state index in [1.54, 1.807) is 0 Å². The molecule has 1 rings (SSSR count). The molecule has 0 unspecified atom stereocenters. The van der Waals surface area contributed by atoms with Gasteiger partial charge in [-0.25, -0.2) is 4.79 Å². The summed E-state index contributed by atoms with van der Waals surface area (Å²) in [5.41, 5.74) is 0. The summed E-state index contributed by atoms with van der Waals surface area (Å²) in [5, 5.41) is 13.8. The van der Waals surface area contributed by atoms with E-state index in [1.165, 1.54) is 0 Å². The highest BCUT2D eigenvalue weighted by molar-refractivity contribution is 5.76. The number of carbonyl (C=O) groups is 3. The number of carboxylic acids is 1. The Balaban J connectivity index is 2.03. The predicted octanol–water partition coefficient (Wildman–Crippen LogP) is 0.943. The Morgan fingerprint density at radius 3 is 2.52 bits per heavy atom. The molecule has 0 radical (unpaired) electrons. The second-order valence-corrected chi connectivity index (χ2v) is 5.22. The summed E-state index contributed by atoms with van der Waals surface area (Å²) in [7, 11) is 0. The van der Waals surface area contributed by atoms with E-state index in [9.17, 15) is 14.4 Å². The molecule has 0 atom stereocenters. The zero-order chi connectivity index (χ0) is 15.5. The zero-order valence-corrected chi connectivity index (χ0v) is 12.4. The average Bonchev–Trinajstić information content (AvgIpc) is 2.64. The quantitative estimate of drug-likeness (QED) is 0.581. The summed E-state index contributed by atoms with van der Waals surface area (Å²) >= 11 is 0. The van der Waals surface area contributed by atoms with Gasteiger partial charge in [0.2, 0.25) is 5.91 Å². The van der Waals surface area contributed by atoms with Crippen LogP contribution in [0.25, 0.3) is 0 Å². The van der Waals surface area contributed by atoms with E-state index in [0.29, 0.717) is 32.5 Å². The number of nitrogens with one attached hydrogen (secondary N) is 2. The number of amides is 3. The molecular formula is C14H25N3O4. The molecule has 0 aromatic carbocycles. The normalized spacial score (nSPS) is 15.4. The first kappa shape index (κ1) is 17.3. The van der Waals surface area contributed by atoms with Crippen molar-refractivity contribution in [1.82, 2.24) is 15.5 Å². The highest BCUT2D eigenvalue weighted by Gasteiger charge is 2.15. The number of carboxylic acid groups (broad SMARTS) is 1. The SMILES string of the molecule is O=C(O)CCCNC(=O)NCCCN1CCCCCC1=O. The first-order chi connectivity index (χ1) is 10.1. The van der Waals surface area contributed by atoms with Gasteiger partial charge in [-0.2, -0.15) is 0 Å². The molecule has 3 amide bonds. The molecule has 0 aromatic heterocycles. The van der Waals surface area contributed by atoms with Crippen LogP contribution in [0.4, 0.5) is 4.79 Å². The van der Waals surface area contributed by atoms with Crippen molar-refractivity contribution in [3.8, 4) is 0 Å². The van der Waals surface area contributed by atoms with Gasteiger partial charge in [-0.05, 0) is 25.7 Å². The molecule has 1 fully saturated rings. The maximum Gasteiger partial charge on any atom is 0.314 e. The average molecular weight is 299 g/mol. The van der Waals surface area contributed by atoms with Crippen LogP contribution in [0.3, 0.4) is 0 Å². The van der Waals surface area contributed by atoms with E-state index < -0.39 is 5.97 Å². The number of urea groups is 1. The van der Waals surface area contributed by atoms with Crippen molar-refractivity contribution in [3.05, 3.63) is 0 Å². The monoisotopic (exact) mass is 299 g/mol. The van der Waals surface area contributed by atoms with Crippen molar-refractivity contribution in [3.63, 3.8) is 0 Å². The number of hydrogen-bond acceptors (Lipinski definition) is 3. The molecular weight excluding hydrogens is 274 g/mol. The van der Waals surface area contributed by atoms with Crippen LogP contribution in [0.5, 0.6) is 0 Å². The lowest BCUT2D eigenvalue weighted by molar-refractivity contribution is -0.137. The number of rotatable bonds is 8. The van der Waals surface area contributed by atoms with E-state index >= 15 is 0 Å². The summed E-state index contributed by atoms with van der Waals surface area (Å²) < 4.78 is 0.